The third kappa shape index (κ3) is 4.36. The van der Waals surface area contributed by atoms with Crippen LogP contribution in [0.15, 0.2) is 59.4 Å². The van der Waals surface area contributed by atoms with E-state index in [1.54, 1.807) is 25.1 Å². The molecule has 0 aliphatic carbocycles. The van der Waals surface area contributed by atoms with Gasteiger partial charge in [0.15, 0.2) is 0 Å². The molecule has 1 heterocycles. The van der Waals surface area contributed by atoms with Gasteiger partial charge in [0.2, 0.25) is 5.88 Å². The summed E-state index contributed by atoms with van der Waals surface area (Å²) in [7, 11) is 0. The molecule has 0 saturated carbocycles. The molecule has 3 rings (SSSR count). The lowest BCUT2D eigenvalue weighted by Crippen LogP contribution is -2.12. The number of carboxylic acids is 1. The van der Waals surface area contributed by atoms with Crippen molar-refractivity contribution in [1.82, 2.24) is 9.97 Å². The molecule has 0 saturated heterocycles. The number of aromatic carboxylic acids is 1. The highest BCUT2D eigenvalue weighted by atomic mass is 16.5. The van der Waals surface area contributed by atoms with Crippen molar-refractivity contribution in [3.05, 3.63) is 93.0 Å². The molecule has 0 aliphatic rings. The van der Waals surface area contributed by atoms with E-state index in [1.165, 1.54) is 6.07 Å². The van der Waals surface area contributed by atoms with Crippen LogP contribution in [-0.4, -0.2) is 21.0 Å². The Morgan fingerprint density at radius 1 is 1.12 bits per heavy atom. The highest BCUT2D eigenvalue weighted by Gasteiger charge is 2.09. The molecule has 0 aliphatic heterocycles. The van der Waals surface area contributed by atoms with Crippen LogP contribution in [-0.2, 0) is 13.0 Å². The van der Waals surface area contributed by atoms with Crippen LogP contribution in [0, 0.1) is 6.92 Å². The number of carboxylic acid groups (broad SMARTS) is 1. The number of rotatable bonds is 6. The average molecular weight is 350 g/mol. The zero-order valence-electron chi connectivity index (χ0n) is 14.2. The molecular weight excluding hydrogens is 332 g/mol. The summed E-state index contributed by atoms with van der Waals surface area (Å²) < 4.78 is 5.62. The van der Waals surface area contributed by atoms with Crippen molar-refractivity contribution < 1.29 is 14.6 Å². The quantitative estimate of drug-likeness (QED) is 0.713. The van der Waals surface area contributed by atoms with Gasteiger partial charge in [-0.05, 0) is 29.7 Å². The first-order valence-electron chi connectivity index (χ1n) is 8.11. The SMILES string of the molecule is Cc1cc(Cc2nc(OCc3ccccc3)cc(=O)[nH]2)ccc1C(=O)O. The molecule has 132 valence electrons. The second kappa shape index (κ2) is 7.65. The van der Waals surface area contributed by atoms with Crippen molar-refractivity contribution in [2.24, 2.45) is 0 Å². The van der Waals surface area contributed by atoms with Crippen LogP contribution in [0.3, 0.4) is 0 Å². The van der Waals surface area contributed by atoms with E-state index < -0.39 is 5.97 Å². The topological polar surface area (TPSA) is 92.3 Å². The summed E-state index contributed by atoms with van der Waals surface area (Å²) in [4.78, 5) is 30.0. The average Bonchev–Trinajstić information content (AvgIpc) is 2.60. The van der Waals surface area contributed by atoms with Gasteiger partial charge in [-0.2, -0.15) is 4.98 Å². The number of carbonyl (C=O) groups is 1. The smallest absolute Gasteiger partial charge is 0.335 e. The van der Waals surface area contributed by atoms with Gasteiger partial charge in [0, 0.05) is 6.42 Å². The van der Waals surface area contributed by atoms with E-state index in [1.807, 2.05) is 30.3 Å². The monoisotopic (exact) mass is 350 g/mol. The molecule has 2 aromatic carbocycles. The Kier molecular flexibility index (Phi) is 5.12. The molecule has 0 radical (unpaired) electrons. The van der Waals surface area contributed by atoms with Gasteiger partial charge in [-0.3, -0.25) is 4.79 Å². The minimum atomic E-state index is -0.961. The normalized spacial score (nSPS) is 10.5. The van der Waals surface area contributed by atoms with E-state index in [9.17, 15) is 9.59 Å². The predicted molar refractivity (Wildman–Crippen MR) is 96.6 cm³/mol. The maximum atomic E-state index is 11.9. The maximum Gasteiger partial charge on any atom is 0.335 e. The first kappa shape index (κ1) is 17.4. The van der Waals surface area contributed by atoms with Gasteiger partial charge >= 0.3 is 5.97 Å². The van der Waals surface area contributed by atoms with Crippen LogP contribution in [0.1, 0.15) is 32.9 Å². The van der Waals surface area contributed by atoms with E-state index >= 15 is 0 Å². The number of ether oxygens (including phenoxy) is 1. The molecule has 0 unspecified atom stereocenters. The lowest BCUT2D eigenvalue weighted by atomic mass is 10.0. The van der Waals surface area contributed by atoms with Gasteiger partial charge in [0.25, 0.3) is 5.56 Å². The van der Waals surface area contributed by atoms with E-state index in [4.69, 9.17) is 9.84 Å². The molecule has 0 amide bonds. The first-order valence-corrected chi connectivity index (χ1v) is 8.11. The number of nitrogens with one attached hydrogen (secondary N) is 1. The number of hydrogen-bond donors (Lipinski definition) is 2. The van der Waals surface area contributed by atoms with Gasteiger partial charge in [0.1, 0.15) is 12.4 Å². The number of aryl methyl sites for hydroxylation is 1. The maximum absolute atomic E-state index is 11.9. The predicted octanol–water partition coefficient (Wildman–Crippen LogP) is 2.95. The van der Waals surface area contributed by atoms with Crippen LogP contribution in [0.25, 0.3) is 0 Å². The molecule has 26 heavy (non-hydrogen) atoms. The third-order valence-corrected chi connectivity index (χ3v) is 3.89. The minimum absolute atomic E-state index is 0.256. The van der Waals surface area contributed by atoms with Crippen LogP contribution < -0.4 is 10.3 Å². The highest BCUT2D eigenvalue weighted by Crippen LogP contribution is 2.14. The second-order valence-corrected chi connectivity index (χ2v) is 5.94. The Bertz CT molecular complexity index is 981. The zero-order chi connectivity index (χ0) is 18.5. The number of benzene rings is 2. The largest absolute Gasteiger partial charge is 0.478 e. The Balaban J connectivity index is 1.76. The van der Waals surface area contributed by atoms with Gasteiger partial charge in [-0.15, -0.1) is 0 Å². The van der Waals surface area contributed by atoms with Crippen LogP contribution in [0.4, 0.5) is 0 Å². The second-order valence-electron chi connectivity index (χ2n) is 5.94. The molecule has 6 heteroatoms. The Hall–Kier alpha value is -3.41. The van der Waals surface area contributed by atoms with Crippen LogP contribution >= 0.6 is 0 Å². The van der Waals surface area contributed by atoms with E-state index in [0.29, 0.717) is 24.4 Å². The molecule has 6 nitrogen and oxygen atoms in total. The summed E-state index contributed by atoms with van der Waals surface area (Å²) in [6.07, 6.45) is 0.374. The number of hydrogen-bond acceptors (Lipinski definition) is 4. The van der Waals surface area contributed by atoms with E-state index in [-0.39, 0.29) is 17.0 Å². The van der Waals surface area contributed by atoms with E-state index in [2.05, 4.69) is 9.97 Å². The molecule has 0 bridgehead atoms. The minimum Gasteiger partial charge on any atom is -0.478 e. The lowest BCUT2D eigenvalue weighted by molar-refractivity contribution is 0.0696. The lowest BCUT2D eigenvalue weighted by Gasteiger charge is -2.08. The summed E-state index contributed by atoms with van der Waals surface area (Å²) in [6, 6.07) is 16.0. The van der Waals surface area contributed by atoms with Crippen molar-refractivity contribution >= 4 is 5.97 Å². The number of H-pyrrole nitrogens is 1. The molecule has 3 aromatic rings. The summed E-state index contributed by atoms with van der Waals surface area (Å²) in [5.74, 6) is -0.244. The Morgan fingerprint density at radius 3 is 2.58 bits per heavy atom. The number of aromatic amines is 1. The first-order chi connectivity index (χ1) is 12.5. The van der Waals surface area contributed by atoms with Crippen molar-refractivity contribution in [3.8, 4) is 5.88 Å². The Labute approximate surface area is 150 Å². The van der Waals surface area contributed by atoms with Crippen molar-refractivity contribution in [2.75, 3.05) is 0 Å². The van der Waals surface area contributed by atoms with Crippen molar-refractivity contribution in [2.45, 2.75) is 20.0 Å². The van der Waals surface area contributed by atoms with E-state index in [0.717, 1.165) is 11.1 Å². The molecular formula is C20H18N2O4. The molecule has 0 atom stereocenters. The molecule has 1 aromatic heterocycles. The summed E-state index contributed by atoms with van der Waals surface area (Å²) >= 11 is 0. The summed E-state index contributed by atoms with van der Waals surface area (Å²) in [5, 5.41) is 9.10. The molecule has 2 N–H and O–H groups in total. The zero-order valence-corrected chi connectivity index (χ0v) is 14.2. The fourth-order valence-electron chi connectivity index (χ4n) is 2.64. The number of aromatic nitrogens is 2. The fourth-order valence-corrected chi connectivity index (χ4v) is 2.64. The van der Waals surface area contributed by atoms with Gasteiger partial charge in [-0.1, -0.05) is 42.5 Å². The standard InChI is InChI=1S/C20H18N2O4/c1-13-9-15(7-8-16(13)20(24)25)10-17-21-18(23)11-19(22-17)26-12-14-5-3-2-4-6-14/h2-9,11H,10,12H2,1H3,(H,24,25)(H,21,22,23). The number of nitrogens with zero attached hydrogens (tertiary/aromatic N) is 1. The van der Waals surface area contributed by atoms with Gasteiger partial charge in [-0.25, -0.2) is 4.79 Å². The molecule has 0 spiro atoms. The summed E-state index contributed by atoms with van der Waals surface area (Å²) in [5.41, 5.74) is 2.47. The fraction of sp³-hybridized carbons (Fsp3) is 0.150. The molecule has 0 fully saturated rings. The highest BCUT2D eigenvalue weighted by molar-refractivity contribution is 5.89. The third-order valence-electron chi connectivity index (χ3n) is 3.89. The van der Waals surface area contributed by atoms with Crippen LogP contribution in [0.5, 0.6) is 5.88 Å². The van der Waals surface area contributed by atoms with Crippen molar-refractivity contribution in [1.29, 1.82) is 0 Å². The van der Waals surface area contributed by atoms with Crippen molar-refractivity contribution in [3.63, 3.8) is 0 Å². The Morgan fingerprint density at radius 2 is 1.88 bits per heavy atom. The van der Waals surface area contributed by atoms with Gasteiger partial charge < -0.3 is 14.8 Å². The summed E-state index contributed by atoms with van der Waals surface area (Å²) in [6.45, 7) is 2.06. The van der Waals surface area contributed by atoms with Gasteiger partial charge in [0.05, 0.1) is 11.6 Å². The van der Waals surface area contributed by atoms with Crippen LogP contribution in [0.2, 0.25) is 0 Å².